The summed E-state index contributed by atoms with van der Waals surface area (Å²) in [6.07, 6.45) is 3.79. The fraction of sp³-hybridized carbons (Fsp3) is 0.625. The second kappa shape index (κ2) is 6.62. The Balaban J connectivity index is 2.17. The maximum atomic E-state index is 6.51. The number of rotatable bonds is 7. The topological polar surface area (TPSA) is 15.3 Å². The summed E-state index contributed by atoms with van der Waals surface area (Å²) in [6.45, 7) is 8.62. The molecule has 1 atom stereocenters. The largest absolute Gasteiger partial charge is 0.367 e. The van der Waals surface area contributed by atoms with Crippen LogP contribution in [0.3, 0.4) is 0 Å². The van der Waals surface area contributed by atoms with Crippen LogP contribution in [0.4, 0.5) is 5.69 Å². The minimum Gasteiger partial charge on any atom is -0.367 e. The summed E-state index contributed by atoms with van der Waals surface area (Å²) >= 11 is 6.51. The standard InChI is InChI=1S/C16H25ClN2/c1-4-10-19(14-7-8-14)16-9-6-13(11-15(16)17)12(3)18-5-2/h6,9,11-12,14,18H,4-5,7-8,10H2,1-3H3. The van der Waals surface area contributed by atoms with Gasteiger partial charge >= 0.3 is 0 Å². The summed E-state index contributed by atoms with van der Waals surface area (Å²) in [5.74, 6) is 0. The Morgan fingerprint density at radius 3 is 2.63 bits per heavy atom. The molecule has 1 N–H and O–H groups in total. The first-order chi connectivity index (χ1) is 9.17. The van der Waals surface area contributed by atoms with E-state index < -0.39 is 0 Å². The number of anilines is 1. The molecule has 1 fully saturated rings. The molecule has 1 unspecified atom stereocenters. The number of benzene rings is 1. The SMILES string of the molecule is CCCN(c1ccc(C(C)NCC)cc1Cl)C1CC1. The average Bonchev–Trinajstić information content (AvgIpc) is 3.21. The Morgan fingerprint density at radius 2 is 2.11 bits per heavy atom. The predicted molar refractivity (Wildman–Crippen MR) is 84.2 cm³/mol. The molecule has 0 heterocycles. The van der Waals surface area contributed by atoms with Crippen molar-refractivity contribution < 1.29 is 0 Å². The van der Waals surface area contributed by atoms with Crippen LogP contribution in [0.15, 0.2) is 18.2 Å². The molecule has 0 radical (unpaired) electrons. The lowest BCUT2D eigenvalue weighted by molar-refractivity contribution is 0.598. The monoisotopic (exact) mass is 280 g/mol. The van der Waals surface area contributed by atoms with Crippen molar-refractivity contribution in [3.05, 3.63) is 28.8 Å². The lowest BCUT2D eigenvalue weighted by Gasteiger charge is -2.26. The van der Waals surface area contributed by atoms with Crippen LogP contribution in [0.2, 0.25) is 5.02 Å². The minimum atomic E-state index is 0.358. The number of hydrogen-bond donors (Lipinski definition) is 1. The first kappa shape index (κ1) is 14.7. The van der Waals surface area contributed by atoms with Crippen LogP contribution in [0.25, 0.3) is 0 Å². The number of hydrogen-bond acceptors (Lipinski definition) is 2. The molecule has 0 aliphatic heterocycles. The highest BCUT2D eigenvalue weighted by Gasteiger charge is 2.29. The second-order valence-corrected chi connectivity index (χ2v) is 5.82. The van der Waals surface area contributed by atoms with Gasteiger partial charge in [-0.3, -0.25) is 0 Å². The van der Waals surface area contributed by atoms with Crippen molar-refractivity contribution in [3.63, 3.8) is 0 Å². The van der Waals surface area contributed by atoms with E-state index in [0.29, 0.717) is 6.04 Å². The zero-order valence-corrected chi connectivity index (χ0v) is 13.0. The number of nitrogens with one attached hydrogen (secondary N) is 1. The van der Waals surface area contributed by atoms with E-state index in [4.69, 9.17) is 11.6 Å². The molecule has 1 aliphatic rings. The number of nitrogens with zero attached hydrogens (tertiary/aromatic N) is 1. The number of halogens is 1. The first-order valence-corrected chi connectivity index (χ1v) is 7.84. The molecular formula is C16H25ClN2. The molecule has 2 nitrogen and oxygen atoms in total. The molecule has 106 valence electrons. The maximum Gasteiger partial charge on any atom is 0.0642 e. The molecule has 0 spiro atoms. The Morgan fingerprint density at radius 1 is 1.37 bits per heavy atom. The first-order valence-electron chi connectivity index (χ1n) is 7.46. The molecule has 1 aromatic carbocycles. The molecule has 0 bridgehead atoms. The van der Waals surface area contributed by atoms with Gasteiger partial charge in [-0.2, -0.15) is 0 Å². The third kappa shape index (κ3) is 3.64. The third-order valence-electron chi connectivity index (χ3n) is 3.74. The summed E-state index contributed by atoms with van der Waals surface area (Å²) in [4.78, 5) is 2.48. The van der Waals surface area contributed by atoms with E-state index in [0.717, 1.165) is 24.2 Å². The van der Waals surface area contributed by atoms with Crippen LogP contribution in [0.1, 0.15) is 51.6 Å². The van der Waals surface area contributed by atoms with Gasteiger partial charge in [0, 0.05) is 18.6 Å². The Labute approximate surface area is 122 Å². The lowest BCUT2D eigenvalue weighted by Crippen LogP contribution is -2.26. The van der Waals surface area contributed by atoms with Crippen LogP contribution < -0.4 is 10.2 Å². The van der Waals surface area contributed by atoms with Gasteiger partial charge in [0.15, 0.2) is 0 Å². The molecule has 3 heteroatoms. The van der Waals surface area contributed by atoms with Crippen molar-refractivity contribution in [2.45, 2.75) is 52.1 Å². The summed E-state index contributed by atoms with van der Waals surface area (Å²) in [5.41, 5.74) is 2.47. The van der Waals surface area contributed by atoms with E-state index in [9.17, 15) is 0 Å². The smallest absolute Gasteiger partial charge is 0.0642 e. The van der Waals surface area contributed by atoms with Crippen molar-refractivity contribution in [2.24, 2.45) is 0 Å². The molecule has 0 aromatic heterocycles. The Kier molecular flexibility index (Phi) is 5.12. The van der Waals surface area contributed by atoms with Crippen molar-refractivity contribution in [1.82, 2.24) is 5.32 Å². The molecule has 19 heavy (non-hydrogen) atoms. The summed E-state index contributed by atoms with van der Waals surface area (Å²) in [5, 5.41) is 4.32. The van der Waals surface area contributed by atoms with Gasteiger partial charge in [0.1, 0.15) is 0 Å². The molecule has 0 amide bonds. The van der Waals surface area contributed by atoms with Crippen LogP contribution in [-0.2, 0) is 0 Å². The van der Waals surface area contributed by atoms with Gasteiger partial charge in [-0.1, -0.05) is 31.5 Å². The third-order valence-corrected chi connectivity index (χ3v) is 4.05. The predicted octanol–water partition coefficient (Wildman–Crippen LogP) is 4.39. The van der Waals surface area contributed by atoms with Crippen LogP contribution in [-0.4, -0.2) is 19.1 Å². The maximum absolute atomic E-state index is 6.51. The van der Waals surface area contributed by atoms with E-state index >= 15 is 0 Å². The summed E-state index contributed by atoms with van der Waals surface area (Å²) < 4.78 is 0. The van der Waals surface area contributed by atoms with Crippen LogP contribution in [0, 0.1) is 0 Å². The zero-order chi connectivity index (χ0) is 13.8. The highest BCUT2D eigenvalue weighted by molar-refractivity contribution is 6.33. The lowest BCUT2D eigenvalue weighted by atomic mass is 10.1. The fourth-order valence-electron chi connectivity index (χ4n) is 2.58. The van der Waals surface area contributed by atoms with Gasteiger partial charge in [-0.15, -0.1) is 0 Å². The average molecular weight is 281 g/mol. The van der Waals surface area contributed by atoms with Crippen molar-refractivity contribution in [1.29, 1.82) is 0 Å². The van der Waals surface area contributed by atoms with E-state index in [1.807, 2.05) is 0 Å². The highest BCUT2D eigenvalue weighted by Crippen LogP contribution is 2.36. The quantitative estimate of drug-likeness (QED) is 0.797. The van der Waals surface area contributed by atoms with Gasteiger partial charge in [0.2, 0.25) is 0 Å². The van der Waals surface area contributed by atoms with Gasteiger partial charge < -0.3 is 10.2 Å². The zero-order valence-electron chi connectivity index (χ0n) is 12.2. The van der Waals surface area contributed by atoms with E-state index in [1.165, 1.54) is 30.5 Å². The van der Waals surface area contributed by atoms with E-state index in [1.54, 1.807) is 0 Å². The molecular weight excluding hydrogens is 256 g/mol. The Hall–Kier alpha value is -0.730. The molecule has 0 saturated heterocycles. The molecule has 1 aromatic rings. The van der Waals surface area contributed by atoms with E-state index in [2.05, 4.69) is 49.2 Å². The van der Waals surface area contributed by atoms with E-state index in [-0.39, 0.29) is 0 Å². The van der Waals surface area contributed by atoms with Crippen LogP contribution in [0.5, 0.6) is 0 Å². The summed E-state index contributed by atoms with van der Waals surface area (Å²) in [7, 11) is 0. The molecule has 1 aliphatic carbocycles. The van der Waals surface area contributed by atoms with Gasteiger partial charge in [-0.05, 0) is 50.4 Å². The van der Waals surface area contributed by atoms with Crippen molar-refractivity contribution >= 4 is 17.3 Å². The van der Waals surface area contributed by atoms with Crippen LogP contribution >= 0.6 is 11.6 Å². The second-order valence-electron chi connectivity index (χ2n) is 5.41. The fourth-order valence-corrected chi connectivity index (χ4v) is 2.87. The van der Waals surface area contributed by atoms with Gasteiger partial charge in [0.05, 0.1) is 10.7 Å². The van der Waals surface area contributed by atoms with Crippen molar-refractivity contribution in [3.8, 4) is 0 Å². The normalized spacial score (nSPS) is 16.4. The van der Waals surface area contributed by atoms with Gasteiger partial charge in [0.25, 0.3) is 0 Å². The highest BCUT2D eigenvalue weighted by atomic mass is 35.5. The Bertz CT molecular complexity index is 415. The molecule has 1 saturated carbocycles. The minimum absolute atomic E-state index is 0.358. The van der Waals surface area contributed by atoms with Gasteiger partial charge in [-0.25, -0.2) is 0 Å². The van der Waals surface area contributed by atoms with Crippen molar-refractivity contribution in [2.75, 3.05) is 18.0 Å². The molecule has 2 rings (SSSR count). The summed E-state index contributed by atoms with van der Waals surface area (Å²) in [6, 6.07) is 7.60.